The van der Waals surface area contributed by atoms with E-state index in [1.807, 2.05) is 33.8 Å². The molecule has 0 aromatic heterocycles. The summed E-state index contributed by atoms with van der Waals surface area (Å²) < 4.78 is 58.6. The molecule has 0 saturated heterocycles. The molecule has 2 aromatic carbocycles. The second kappa shape index (κ2) is 8.07. The molecule has 0 aliphatic heterocycles. The molecule has 0 heterocycles. The van der Waals surface area contributed by atoms with Crippen molar-refractivity contribution >= 4 is 25.7 Å². The van der Waals surface area contributed by atoms with Crippen LogP contribution in [0.1, 0.15) is 60.8 Å². The van der Waals surface area contributed by atoms with Gasteiger partial charge in [0.15, 0.2) is 0 Å². The number of hydrogen-bond acceptors (Lipinski definition) is 4. The highest BCUT2D eigenvalue weighted by Crippen LogP contribution is 2.56. The van der Waals surface area contributed by atoms with Gasteiger partial charge in [0.05, 0.1) is 9.79 Å². The van der Waals surface area contributed by atoms with E-state index in [9.17, 15) is 16.8 Å². The number of sulfonamides is 2. The quantitative estimate of drug-likeness (QED) is 0.583. The predicted octanol–water partition coefficient (Wildman–Crippen LogP) is 4.97. The van der Waals surface area contributed by atoms with Gasteiger partial charge < -0.3 is 0 Å². The fourth-order valence-electron chi connectivity index (χ4n) is 7.07. The van der Waals surface area contributed by atoms with Crippen LogP contribution in [-0.2, 0) is 20.0 Å². The standard InChI is InChI=1S/C26H34N2O4S2/c1-16-9-17(2)19(4)25(18(16)3)34(31,32)27-23-5-7-24(8-6-23)33(29,30)28-26-13-20-10-21(14-26)12-22(11-20)15-26/h5-9,20-22,27-28H,10-15H2,1-4H3. The lowest BCUT2D eigenvalue weighted by Crippen LogP contribution is -2.59. The van der Waals surface area contributed by atoms with E-state index < -0.39 is 20.0 Å². The lowest BCUT2D eigenvalue weighted by molar-refractivity contribution is -0.00810. The second-order valence-corrected chi connectivity index (χ2v) is 14.3. The Kier molecular flexibility index (Phi) is 5.65. The Balaban J connectivity index is 1.36. The van der Waals surface area contributed by atoms with Crippen LogP contribution in [0.4, 0.5) is 5.69 Å². The van der Waals surface area contributed by atoms with Gasteiger partial charge in [0.1, 0.15) is 0 Å². The summed E-state index contributed by atoms with van der Waals surface area (Å²) in [5.74, 6) is 1.92. The van der Waals surface area contributed by atoms with Crippen molar-refractivity contribution in [2.75, 3.05) is 4.72 Å². The van der Waals surface area contributed by atoms with Crippen molar-refractivity contribution < 1.29 is 16.8 Å². The van der Waals surface area contributed by atoms with Crippen molar-refractivity contribution in [2.24, 2.45) is 17.8 Å². The number of aryl methyl sites for hydroxylation is 2. The summed E-state index contributed by atoms with van der Waals surface area (Å²) in [7, 11) is -7.51. The molecule has 0 amide bonds. The van der Waals surface area contributed by atoms with Gasteiger partial charge in [0, 0.05) is 11.2 Å². The van der Waals surface area contributed by atoms with Gasteiger partial charge in [-0.15, -0.1) is 0 Å². The Hall–Kier alpha value is -1.90. The molecular formula is C26H34N2O4S2. The molecule has 0 atom stereocenters. The number of rotatable bonds is 6. The van der Waals surface area contributed by atoms with Crippen LogP contribution < -0.4 is 9.44 Å². The predicted molar refractivity (Wildman–Crippen MR) is 134 cm³/mol. The minimum atomic E-state index is -3.82. The molecule has 184 valence electrons. The molecule has 6 nitrogen and oxygen atoms in total. The largest absolute Gasteiger partial charge is 0.280 e. The van der Waals surface area contributed by atoms with Gasteiger partial charge in [-0.2, -0.15) is 0 Å². The first-order valence-corrected chi connectivity index (χ1v) is 15.1. The number of hydrogen-bond donors (Lipinski definition) is 2. The van der Waals surface area contributed by atoms with E-state index in [0.717, 1.165) is 41.5 Å². The van der Waals surface area contributed by atoms with Gasteiger partial charge >= 0.3 is 0 Å². The molecule has 0 radical (unpaired) electrons. The van der Waals surface area contributed by atoms with Gasteiger partial charge in [-0.3, -0.25) is 4.72 Å². The van der Waals surface area contributed by atoms with E-state index in [1.54, 1.807) is 0 Å². The molecule has 2 aromatic rings. The first kappa shape index (κ1) is 23.8. The Bertz CT molecular complexity index is 1280. The minimum absolute atomic E-state index is 0.171. The molecule has 4 aliphatic rings. The van der Waals surface area contributed by atoms with Gasteiger partial charge in [-0.05, 0) is 130 Å². The van der Waals surface area contributed by atoms with Crippen LogP contribution in [0, 0.1) is 45.4 Å². The normalized spacial score (nSPS) is 28.3. The van der Waals surface area contributed by atoms with Gasteiger partial charge in [-0.1, -0.05) is 6.07 Å². The number of nitrogens with one attached hydrogen (secondary N) is 2. The fraction of sp³-hybridized carbons (Fsp3) is 0.538. The van der Waals surface area contributed by atoms with E-state index in [4.69, 9.17) is 0 Å². The van der Waals surface area contributed by atoms with Crippen LogP contribution in [0.25, 0.3) is 0 Å². The molecule has 4 fully saturated rings. The maximum atomic E-state index is 13.2. The highest BCUT2D eigenvalue weighted by molar-refractivity contribution is 7.92. The van der Waals surface area contributed by atoms with Crippen molar-refractivity contribution in [2.45, 2.75) is 81.5 Å². The molecule has 2 N–H and O–H groups in total. The molecule has 6 rings (SSSR count). The van der Waals surface area contributed by atoms with Crippen molar-refractivity contribution in [1.29, 1.82) is 0 Å². The summed E-state index contributed by atoms with van der Waals surface area (Å²) in [6.07, 6.45) is 6.54. The summed E-state index contributed by atoms with van der Waals surface area (Å²) in [5.41, 5.74) is 3.29. The molecule has 34 heavy (non-hydrogen) atoms. The molecular weight excluding hydrogens is 468 g/mol. The van der Waals surface area contributed by atoms with Gasteiger partial charge in [0.25, 0.3) is 10.0 Å². The van der Waals surface area contributed by atoms with E-state index >= 15 is 0 Å². The second-order valence-electron chi connectivity index (χ2n) is 11.0. The highest BCUT2D eigenvalue weighted by atomic mass is 32.2. The van der Waals surface area contributed by atoms with Gasteiger partial charge in [0.2, 0.25) is 10.0 Å². The smallest absolute Gasteiger partial charge is 0.262 e. The van der Waals surface area contributed by atoms with Crippen molar-refractivity contribution in [3.63, 3.8) is 0 Å². The van der Waals surface area contributed by atoms with Crippen molar-refractivity contribution in [3.8, 4) is 0 Å². The third-order valence-corrected chi connectivity index (χ3v) is 11.6. The van der Waals surface area contributed by atoms with Crippen molar-refractivity contribution in [3.05, 3.63) is 52.6 Å². The van der Waals surface area contributed by atoms with E-state index in [0.29, 0.717) is 23.4 Å². The maximum absolute atomic E-state index is 13.2. The molecule has 0 unspecified atom stereocenters. The fourth-order valence-corrected chi connectivity index (χ4v) is 10.2. The Labute approximate surface area is 203 Å². The minimum Gasteiger partial charge on any atom is -0.280 e. The molecule has 4 aliphatic carbocycles. The Morgan fingerprint density at radius 2 is 1.21 bits per heavy atom. The van der Waals surface area contributed by atoms with Crippen LogP contribution in [0.2, 0.25) is 0 Å². The van der Waals surface area contributed by atoms with E-state index in [1.165, 1.54) is 43.5 Å². The summed E-state index contributed by atoms with van der Waals surface area (Å²) in [4.78, 5) is 0.454. The summed E-state index contributed by atoms with van der Waals surface area (Å²) in [5, 5.41) is 0. The monoisotopic (exact) mass is 502 g/mol. The zero-order valence-corrected chi connectivity index (χ0v) is 21.9. The number of benzene rings is 2. The highest BCUT2D eigenvalue weighted by Gasteiger charge is 2.52. The average Bonchev–Trinajstić information content (AvgIpc) is 2.70. The van der Waals surface area contributed by atoms with Gasteiger partial charge in [-0.25, -0.2) is 21.6 Å². The lowest BCUT2D eigenvalue weighted by Gasteiger charge is -2.56. The van der Waals surface area contributed by atoms with Crippen LogP contribution in [0.5, 0.6) is 0 Å². The van der Waals surface area contributed by atoms with Crippen LogP contribution in [0.3, 0.4) is 0 Å². The summed E-state index contributed by atoms with van der Waals surface area (Å²) in [6, 6.07) is 8.02. The SMILES string of the molecule is Cc1cc(C)c(C)c(S(=O)(=O)Nc2ccc(S(=O)(=O)NC34CC5CC(CC(C5)C3)C4)cc2)c1C. The molecule has 0 spiro atoms. The summed E-state index contributed by atoms with van der Waals surface area (Å²) >= 11 is 0. The van der Waals surface area contributed by atoms with Crippen LogP contribution in [-0.4, -0.2) is 22.4 Å². The topological polar surface area (TPSA) is 92.3 Å². The molecule has 4 saturated carbocycles. The number of anilines is 1. The van der Waals surface area contributed by atoms with Crippen LogP contribution in [0.15, 0.2) is 40.1 Å². The van der Waals surface area contributed by atoms with E-state index in [-0.39, 0.29) is 15.3 Å². The average molecular weight is 503 g/mol. The summed E-state index contributed by atoms with van der Waals surface area (Å²) in [6.45, 7) is 7.42. The zero-order chi connectivity index (χ0) is 24.5. The Morgan fingerprint density at radius 3 is 1.68 bits per heavy atom. The Morgan fingerprint density at radius 1 is 0.735 bits per heavy atom. The first-order valence-electron chi connectivity index (χ1n) is 12.1. The van der Waals surface area contributed by atoms with E-state index in [2.05, 4.69) is 9.44 Å². The van der Waals surface area contributed by atoms with Crippen LogP contribution >= 0.6 is 0 Å². The third kappa shape index (κ3) is 4.18. The maximum Gasteiger partial charge on any atom is 0.262 e. The lowest BCUT2D eigenvalue weighted by atomic mass is 9.53. The third-order valence-electron chi connectivity index (χ3n) is 8.37. The zero-order valence-electron chi connectivity index (χ0n) is 20.3. The van der Waals surface area contributed by atoms with Crippen molar-refractivity contribution in [1.82, 2.24) is 4.72 Å². The molecule has 8 heteroatoms. The first-order chi connectivity index (χ1) is 15.9. The molecule has 4 bridgehead atoms.